The Morgan fingerprint density at radius 3 is 1.78 bits per heavy atom. The van der Waals surface area contributed by atoms with Crippen LogP contribution in [0.15, 0.2) is 12.1 Å². The normalized spacial score (nSPS) is 13.8. The number of alkyl halides is 9. The molecule has 0 spiro atoms. The van der Waals surface area contributed by atoms with Crippen LogP contribution in [0.3, 0.4) is 0 Å². The number of fused-ring (bicyclic) bond motifs is 1. The Morgan fingerprint density at radius 2 is 1.35 bits per heavy atom. The summed E-state index contributed by atoms with van der Waals surface area (Å²) in [5, 5.41) is 0. The number of aromatic nitrogens is 2. The molecule has 2 nitrogen and oxygen atoms in total. The minimum Gasteiger partial charge on any atom is -0.319 e. The summed E-state index contributed by atoms with van der Waals surface area (Å²) in [4.78, 5) is 3.49. The second-order valence-corrected chi connectivity index (χ2v) is 4.74. The number of hydrogen-bond acceptors (Lipinski definition) is 1. The molecule has 0 bridgehead atoms. The van der Waals surface area contributed by atoms with Crippen LogP contribution in [0.5, 0.6) is 0 Å². The van der Waals surface area contributed by atoms with Crippen LogP contribution in [-0.2, 0) is 18.9 Å². The van der Waals surface area contributed by atoms with Gasteiger partial charge in [0.1, 0.15) is 12.4 Å². The van der Waals surface area contributed by atoms with Gasteiger partial charge < -0.3 is 4.57 Å². The number of imidazole rings is 1. The maximum Gasteiger partial charge on any atom is 0.417 e. The number of aryl methyl sites for hydroxylation is 1. The summed E-state index contributed by atoms with van der Waals surface area (Å²) in [6.07, 6.45) is -15.5. The Bertz CT molecular complexity index is 734. The predicted molar refractivity (Wildman–Crippen MR) is 60.5 cm³/mol. The third-order valence-electron chi connectivity index (χ3n) is 3.03. The van der Waals surface area contributed by atoms with Crippen molar-refractivity contribution in [3.8, 4) is 0 Å². The molecule has 0 unspecified atom stereocenters. The first-order valence-electron chi connectivity index (χ1n) is 5.92. The van der Waals surface area contributed by atoms with E-state index in [0.29, 0.717) is 4.57 Å². The summed E-state index contributed by atoms with van der Waals surface area (Å²) in [7, 11) is 0. The number of nitrogens with zero attached hydrogens (tertiary/aromatic N) is 2. The lowest BCUT2D eigenvalue weighted by atomic mass is 10.1. The molecule has 0 fully saturated rings. The van der Waals surface area contributed by atoms with E-state index in [0.717, 1.165) is 6.92 Å². The van der Waals surface area contributed by atoms with Crippen LogP contribution < -0.4 is 0 Å². The monoisotopic (exact) mass is 350 g/mol. The fraction of sp³-hybridized carbons (Fsp3) is 0.417. The average molecular weight is 350 g/mol. The lowest BCUT2D eigenvalue weighted by molar-refractivity contribution is -0.161. The van der Waals surface area contributed by atoms with Gasteiger partial charge in [0.15, 0.2) is 0 Å². The highest BCUT2D eigenvalue weighted by atomic mass is 19.4. The summed E-state index contributed by atoms with van der Waals surface area (Å²) in [5.41, 5.74) is -5.30. The van der Waals surface area contributed by atoms with Gasteiger partial charge in [0.25, 0.3) is 0 Å². The number of benzene rings is 1. The number of rotatable bonds is 1. The van der Waals surface area contributed by atoms with E-state index in [-0.39, 0.29) is 18.0 Å². The van der Waals surface area contributed by atoms with Gasteiger partial charge in [-0.15, -0.1) is 0 Å². The van der Waals surface area contributed by atoms with Crippen molar-refractivity contribution in [2.45, 2.75) is 32.0 Å². The molecule has 0 aliphatic heterocycles. The van der Waals surface area contributed by atoms with Gasteiger partial charge >= 0.3 is 18.5 Å². The molecule has 0 saturated carbocycles. The fourth-order valence-corrected chi connectivity index (χ4v) is 2.14. The van der Waals surface area contributed by atoms with Crippen LogP contribution in [0.25, 0.3) is 11.0 Å². The number of hydrogen-bond donors (Lipinski definition) is 0. The Morgan fingerprint density at radius 1 is 0.870 bits per heavy atom. The highest BCUT2D eigenvalue weighted by Gasteiger charge is 2.44. The molecule has 1 heterocycles. The molecule has 1 aromatic heterocycles. The molecule has 0 atom stereocenters. The maximum atomic E-state index is 12.8. The Labute approximate surface area is 122 Å². The second kappa shape index (κ2) is 5.03. The van der Waals surface area contributed by atoms with E-state index in [1.807, 2.05) is 0 Å². The smallest absolute Gasteiger partial charge is 0.319 e. The van der Waals surface area contributed by atoms with Crippen LogP contribution in [0, 0.1) is 6.92 Å². The topological polar surface area (TPSA) is 17.8 Å². The van der Waals surface area contributed by atoms with Gasteiger partial charge in [-0.05, 0) is 19.1 Å². The number of halogens is 9. The predicted octanol–water partition coefficient (Wildman–Crippen LogP) is 4.94. The van der Waals surface area contributed by atoms with E-state index >= 15 is 0 Å². The summed E-state index contributed by atoms with van der Waals surface area (Å²) >= 11 is 0. The van der Waals surface area contributed by atoms with Gasteiger partial charge in [-0.3, -0.25) is 0 Å². The van der Waals surface area contributed by atoms with E-state index in [1.165, 1.54) is 0 Å². The van der Waals surface area contributed by atoms with Crippen LogP contribution >= 0.6 is 0 Å². The maximum absolute atomic E-state index is 12.8. The summed E-state index contributed by atoms with van der Waals surface area (Å²) in [5.74, 6) is -0.343. The van der Waals surface area contributed by atoms with Crippen molar-refractivity contribution in [2.75, 3.05) is 0 Å². The quantitative estimate of drug-likeness (QED) is 0.666. The molecule has 0 N–H and O–H groups in total. The Hall–Kier alpha value is -1.94. The van der Waals surface area contributed by atoms with Crippen molar-refractivity contribution in [3.63, 3.8) is 0 Å². The molecular weight excluding hydrogens is 343 g/mol. The molecule has 23 heavy (non-hydrogen) atoms. The van der Waals surface area contributed by atoms with E-state index in [2.05, 4.69) is 4.98 Å². The minimum absolute atomic E-state index is 0.0455. The van der Waals surface area contributed by atoms with Gasteiger partial charge in [0.2, 0.25) is 0 Å². The first-order valence-corrected chi connectivity index (χ1v) is 5.92. The van der Waals surface area contributed by atoms with Gasteiger partial charge in [0.05, 0.1) is 22.2 Å². The molecule has 1 aromatic carbocycles. The van der Waals surface area contributed by atoms with E-state index in [4.69, 9.17) is 0 Å². The third kappa shape index (κ3) is 3.53. The van der Waals surface area contributed by atoms with Gasteiger partial charge in [-0.25, -0.2) is 4.98 Å². The molecule has 128 valence electrons. The molecule has 11 heteroatoms. The largest absolute Gasteiger partial charge is 0.417 e. The highest BCUT2D eigenvalue weighted by molar-refractivity contribution is 5.78. The lowest BCUT2D eigenvalue weighted by Crippen LogP contribution is -2.19. The van der Waals surface area contributed by atoms with Crippen molar-refractivity contribution < 1.29 is 39.5 Å². The average Bonchev–Trinajstić information content (AvgIpc) is 2.60. The highest BCUT2D eigenvalue weighted by Crippen LogP contribution is 2.42. The van der Waals surface area contributed by atoms with Crippen molar-refractivity contribution in [1.82, 2.24) is 9.55 Å². The molecule has 0 aliphatic rings. The van der Waals surface area contributed by atoms with Crippen LogP contribution in [-0.4, -0.2) is 15.7 Å². The molecule has 2 rings (SSSR count). The first-order chi connectivity index (χ1) is 10.2. The zero-order valence-electron chi connectivity index (χ0n) is 11.2. The van der Waals surface area contributed by atoms with Crippen LogP contribution in [0.4, 0.5) is 39.5 Å². The first kappa shape index (κ1) is 17.4. The third-order valence-corrected chi connectivity index (χ3v) is 3.03. The lowest BCUT2D eigenvalue weighted by Gasteiger charge is -2.16. The van der Waals surface area contributed by atoms with Gasteiger partial charge in [0, 0.05) is 0 Å². The van der Waals surface area contributed by atoms with Crippen molar-refractivity contribution in [2.24, 2.45) is 0 Å². The fourth-order valence-electron chi connectivity index (χ4n) is 2.14. The summed E-state index contributed by atoms with van der Waals surface area (Å²) < 4.78 is 115. The van der Waals surface area contributed by atoms with Crippen molar-refractivity contribution in [1.29, 1.82) is 0 Å². The van der Waals surface area contributed by atoms with Crippen LogP contribution in [0.1, 0.15) is 17.0 Å². The van der Waals surface area contributed by atoms with Gasteiger partial charge in [-0.2, -0.15) is 39.5 Å². The molecule has 0 radical (unpaired) electrons. The minimum atomic E-state index is -5.37. The molecule has 0 saturated heterocycles. The zero-order valence-corrected chi connectivity index (χ0v) is 11.2. The zero-order chi connectivity index (χ0) is 17.8. The standard InChI is InChI=1S/C12H7F9N2/c1-5-22-8-2-6(11(16,17)18)7(12(19,20)21)3-9(8)23(5)4-10(13,14)15/h2-3H,4H2,1H3. The van der Waals surface area contributed by atoms with E-state index in [1.54, 1.807) is 0 Å². The van der Waals surface area contributed by atoms with E-state index < -0.39 is 47.2 Å². The van der Waals surface area contributed by atoms with Gasteiger partial charge in [-0.1, -0.05) is 0 Å². The van der Waals surface area contributed by atoms with Crippen molar-refractivity contribution in [3.05, 3.63) is 29.1 Å². The van der Waals surface area contributed by atoms with Crippen molar-refractivity contribution >= 4 is 11.0 Å². The Kier molecular flexibility index (Phi) is 3.81. The molecular formula is C12H7F9N2. The second-order valence-electron chi connectivity index (χ2n) is 4.74. The molecule has 0 amide bonds. The SMILES string of the molecule is Cc1nc2cc(C(F)(F)F)c(C(F)(F)F)cc2n1CC(F)(F)F. The summed E-state index contributed by atoms with van der Waals surface area (Å²) in [6.45, 7) is -0.593. The molecule has 2 aromatic rings. The van der Waals surface area contributed by atoms with Crippen LogP contribution in [0.2, 0.25) is 0 Å². The Balaban J connectivity index is 2.79. The molecule has 0 aliphatic carbocycles. The summed E-state index contributed by atoms with van der Waals surface area (Å²) in [6, 6.07) is 0.155. The van der Waals surface area contributed by atoms with E-state index in [9.17, 15) is 39.5 Å².